The lowest BCUT2D eigenvalue weighted by molar-refractivity contribution is 0.181. The zero-order valence-corrected chi connectivity index (χ0v) is 7.36. The first kappa shape index (κ1) is 8.04. The molecule has 0 atom stereocenters. The lowest BCUT2D eigenvalue weighted by Gasteiger charge is -2.10. The molecule has 0 bridgehead atoms. The van der Waals surface area contributed by atoms with Gasteiger partial charge < -0.3 is 4.74 Å². The van der Waals surface area contributed by atoms with Gasteiger partial charge in [0, 0.05) is 6.20 Å². The molecular weight excluding hydrogens is 168 g/mol. The standard InChI is InChI=1S/C9H10N2O2/c1-7-2-3-10-8(6-7)11-4-5-13-9(11)12/h2-3,6H,4-5H2,1H3. The molecule has 2 heterocycles. The zero-order chi connectivity index (χ0) is 9.26. The normalized spacial score (nSPS) is 16.1. The summed E-state index contributed by atoms with van der Waals surface area (Å²) in [6.45, 7) is 3.01. The number of carbonyl (C=O) groups excluding carboxylic acids is 1. The summed E-state index contributed by atoms with van der Waals surface area (Å²) in [5, 5.41) is 0. The van der Waals surface area contributed by atoms with Crippen molar-refractivity contribution in [2.75, 3.05) is 18.1 Å². The molecule has 0 saturated carbocycles. The van der Waals surface area contributed by atoms with Gasteiger partial charge in [0.1, 0.15) is 12.4 Å². The molecular formula is C9H10N2O2. The number of aryl methyl sites for hydroxylation is 1. The average molecular weight is 178 g/mol. The Balaban J connectivity index is 2.29. The van der Waals surface area contributed by atoms with Crippen molar-refractivity contribution >= 4 is 11.9 Å². The van der Waals surface area contributed by atoms with Crippen molar-refractivity contribution in [3.05, 3.63) is 23.9 Å². The number of ether oxygens (including phenoxy) is 1. The number of anilines is 1. The Hall–Kier alpha value is -1.58. The van der Waals surface area contributed by atoms with Crippen molar-refractivity contribution in [3.8, 4) is 0 Å². The number of pyridine rings is 1. The first-order chi connectivity index (χ1) is 6.27. The van der Waals surface area contributed by atoms with Crippen molar-refractivity contribution in [1.82, 2.24) is 4.98 Å². The number of aromatic nitrogens is 1. The smallest absolute Gasteiger partial charge is 0.415 e. The largest absolute Gasteiger partial charge is 0.447 e. The number of amides is 1. The maximum atomic E-state index is 11.1. The Morgan fingerprint density at radius 1 is 1.62 bits per heavy atom. The van der Waals surface area contributed by atoms with Crippen molar-refractivity contribution in [2.45, 2.75) is 6.92 Å². The van der Waals surface area contributed by atoms with E-state index in [4.69, 9.17) is 4.74 Å². The van der Waals surface area contributed by atoms with Gasteiger partial charge in [-0.15, -0.1) is 0 Å². The molecule has 1 fully saturated rings. The van der Waals surface area contributed by atoms with Crippen LogP contribution in [-0.2, 0) is 4.74 Å². The molecule has 1 aromatic rings. The highest BCUT2D eigenvalue weighted by molar-refractivity contribution is 5.88. The third-order valence-corrected chi connectivity index (χ3v) is 1.94. The second kappa shape index (κ2) is 3.05. The summed E-state index contributed by atoms with van der Waals surface area (Å²) in [6, 6.07) is 3.76. The molecule has 1 aliphatic heterocycles. The minimum atomic E-state index is -0.307. The first-order valence-electron chi connectivity index (χ1n) is 4.14. The molecule has 1 aromatic heterocycles. The minimum absolute atomic E-state index is 0.307. The number of carbonyl (C=O) groups is 1. The molecule has 0 spiro atoms. The van der Waals surface area contributed by atoms with Crippen LogP contribution in [0.25, 0.3) is 0 Å². The highest BCUT2D eigenvalue weighted by Crippen LogP contribution is 2.16. The number of cyclic esters (lactones) is 1. The summed E-state index contributed by atoms with van der Waals surface area (Å²) in [6.07, 6.45) is 1.38. The Labute approximate surface area is 76.1 Å². The van der Waals surface area contributed by atoms with E-state index in [0.29, 0.717) is 19.0 Å². The van der Waals surface area contributed by atoms with Gasteiger partial charge in [0.05, 0.1) is 6.54 Å². The van der Waals surface area contributed by atoms with Crippen LogP contribution >= 0.6 is 0 Å². The van der Waals surface area contributed by atoms with Crippen molar-refractivity contribution < 1.29 is 9.53 Å². The molecule has 1 aliphatic rings. The molecule has 0 radical (unpaired) electrons. The SMILES string of the molecule is Cc1ccnc(N2CCOC2=O)c1. The topological polar surface area (TPSA) is 42.4 Å². The Bertz CT molecular complexity index is 338. The van der Waals surface area contributed by atoms with Crippen molar-refractivity contribution in [2.24, 2.45) is 0 Å². The van der Waals surface area contributed by atoms with Crippen molar-refractivity contribution in [1.29, 1.82) is 0 Å². The predicted molar refractivity (Wildman–Crippen MR) is 47.7 cm³/mol. The summed E-state index contributed by atoms with van der Waals surface area (Å²) >= 11 is 0. The van der Waals surface area contributed by atoms with Crippen LogP contribution in [-0.4, -0.2) is 24.2 Å². The zero-order valence-electron chi connectivity index (χ0n) is 7.36. The van der Waals surface area contributed by atoms with E-state index in [2.05, 4.69) is 4.98 Å². The number of hydrogen-bond donors (Lipinski definition) is 0. The summed E-state index contributed by atoms with van der Waals surface area (Å²) in [7, 11) is 0. The van der Waals surface area contributed by atoms with Crippen LogP contribution in [0.3, 0.4) is 0 Å². The van der Waals surface area contributed by atoms with E-state index in [0.717, 1.165) is 5.56 Å². The molecule has 1 saturated heterocycles. The van der Waals surface area contributed by atoms with Crippen LogP contribution in [0, 0.1) is 6.92 Å². The summed E-state index contributed by atoms with van der Waals surface area (Å²) in [4.78, 5) is 16.8. The second-order valence-electron chi connectivity index (χ2n) is 2.96. The lowest BCUT2D eigenvalue weighted by atomic mass is 10.3. The van der Waals surface area contributed by atoms with E-state index in [1.165, 1.54) is 4.90 Å². The van der Waals surface area contributed by atoms with E-state index in [9.17, 15) is 4.79 Å². The van der Waals surface area contributed by atoms with Gasteiger partial charge >= 0.3 is 6.09 Å². The van der Waals surface area contributed by atoms with Gasteiger partial charge in [-0.25, -0.2) is 9.78 Å². The molecule has 0 unspecified atom stereocenters. The van der Waals surface area contributed by atoms with Crippen LogP contribution in [0.5, 0.6) is 0 Å². The molecule has 1 amide bonds. The van der Waals surface area contributed by atoms with E-state index in [1.54, 1.807) is 6.20 Å². The highest BCUT2D eigenvalue weighted by atomic mass is 16.6. The van der Waals surface area contributed by atoms with Gasteiger partial charge in [-0.3, -0.25) is 4.90 Å². The highest BCUT2D eigenvalue weighted by Gasteiger charge is 2.24. The minimum Gasteiger partial charge on any atom is -0.447 e. The third-order valence-electron chi connectivity index (χ3n) is 1.94. The van der Waals surface area contributed by atoms with Crippen LogP contribution in [0.1, 0.15) is 5.56 Å². The molecule has 2 rings (SSSR count). The molecule has 0 aromatic carbocycles. The van der Waals surface area contributed by atoms with Crippen LogP contribution < -0.4 is 4.90 Å². The maximum Gasteiger partial charge on any atom is 0.415 e. The fourth-order valence-corrected chi connectivity index (χ4v) is 1.27. The van der Waals surface area contributed by atoms with Gasteiger partial charge in [-0.2, -0.15) is 0 Å². The Morgan fingerprint density at radius 2 is 2.46 bits per heavy atom. The maximum absolute atomic E-state index is 11.1. The van der Waals surface area contributed by atoms with E-state index >= 15 is 0 Å². The fourth-order valence-electron chi connectivity index (χ4n) is 1.27. The Morgan fingerprint density at radius 3 is 3.08 bits per heavy atom. The third kappa shape index (κ3) is 1.47. The average Bonchev–Trinajstić information content (AvgIpc) is 2.51. The number of nitrogens with zero attached hydrogens (tertiary/aromatic N) is 2. The summed E-state index contributed by atoms with van der Waals surface area (Å²) in [5.74, 6) is 0.669. The van der Waals surface area contributed by atoms with Gasteiger partial charge in [0.25, 0.3) is 0 Å². The Kier molecular flexibility index (Phi) is 1.88. The first-order valence-corrected chi connectivity index (χ1v) is 4.14. The molecule has 0 aliphatic carbocycles. The monoisotopic (exact) mass is 178 g/mol. The summed E-state index contributed by atoms with van der Waals surface area (Å²) < 4.78 is 4.81. The van der Waals surface area contributed by atoms with E-state index in [-0.39, 0.29) is 6.09 Å². The van der Waals surface area contributed by atoms with Gasteiger partial charge in [-0.1, -0.05) is 0 Å². The van der Waals surface area contributed by atoms with Crippen molar-refractivity contribution in [3.63, 3.8) is 0 Å². The molecule has 68 valence electrons. The number of hydrogen-bond acceptors (Lipinski definition) is 3. The number of rotatable bonds is 1. The molecule has 4 heteroatoms. The van der Waals surface area contributed by atoms with Gasteiger partial charge in [0.2, 0.25) is 0 Å². The fraction of sp³-hybridized carbons (Fsp3) is 0.333. The molecule has 4 nitrogen and oxygen atoms in total. The quantitative estimate of drug-likeness (QED) is 0.651. The summed E-state index contributed by atoms with van der Waals surface area (Å²) in [5.41, 5.74) is 1.09. The van der Waals surface area contributed by atoms with E-state index in [1.807, 2.05) is 19.1 Å². The second-order valence-corrected chi connectivity index (χ2v) is 2.96. The predicted octanol–water partition coefficient (Wildman–Crippen LogP) is 1.35. The van der Waals surface area contributed by atoms with Gasteiger partial charge in [0.15, 0.2) is 0 Å². The molecule has 0 N–H and O–H groups in total. The van der Waals surface area contributed by atoms with Gasteiger partial charge in [-0.05, 0) is 24.6 Å². The van der Waals surface area contributed by atoms with E-state index < -0.39 is 0 Å². The van der Waals surface area contributed by atoms with Crippen LogP contribution in [0.2, 0.25) is 0 Å². The van der Waals surface area contributed by atoms with Crippen LogP contribution in [0.15, 0.2) is 18.3 Å². The lowest BCUT2D eigenvalue weighted by Crippen LogP contribution is -2.24. The molecule has 13 heavy (non-hydrogen) atoms. The van der Waals surface area contributed by atoms with Crippen LogP contribution in [0.4, 0.5) is 10.6 Å².